The number of cyclic esters (lactones) is 1. The molecule has 7 heteroatoms. The van der Waals surface area contributed by atoms with Crippen LogP contribution in [0.2, 0.25) is 0 Å². The molecule has 0 aromatic heterocycles. The van der Waals surface area contributed by atoms with E-state index in [0.717, 1.165) is 24.3 Å². The SMILES string of the molecule is O=C1OC(c2ccc(F)cc2)=NC1=Cc1ccccc1C(F)(F)F. The fourth-order valence-corrected chi connectivity index (χ4v) is 2.15. The standard InChI is InChI=1S/C17H9F4NO2/c18-12-7-5-10(6-8-12)15-22-14(16(23)24-15)9-11-3-1-2-4-13(11)17(19,20)21/h1-9H. The van der Waals surface area contributed by atoms with Gasteiger partial charge in [-0.15, -0.1) is 0 Å². The molecular formula is C17H9F4NO2. The van der Waals surface area contributed by atoms with Crippen LogP contribution in [0.1, 0.15) is 16.7 Å². The molecule has 24 heavy (non-hydrogen) atoms. The highest BCUT2D eigenvalue weighted by atomic mass is 19.4. The molecule has 3 rings (SSSR count). The van der Waals surface area contributed by atoms with Crippen LogP contribution in [0.25, 0.3) is 6.08 Å². The van der Waals surface area contributed by atoms with Crippen LogP contribution in [0.5, 0.6) is 0 Å². The number of carbonyl (C=O) groups excluding carboxylic acids is 1. The lowest BCUT2D eigenvalue weighted by Crippen LogP contribution is -2.08. The van der Waals surface area contributed by atoms with Gasteiger partial charge in [-0.25, -0.2) is 14.2 Å². The lowest BCUT2D eigenvalue weighted by molar-refractivity contribution is -0.137. The molecule has 0 N–H and O–H groups in total. The van der Waals surface area contributed by atoms with Gasteiger partial charge in [0.1, 0.15) is 5.82 Å². The van der Waals surface area contributed by atoms with Crippen molar-refractivity contribution in [2.24, 2.45) is 4.99 Å². The Balaban J connectivity index is 1.99. The van der Waals surface area contributed by atoms with E-state index in [0.29, 0.717) is 5.56 Å². The predicted octanol–water partition coefficient (Wildman–Crippen LogP) is 4.19. The third-order valence-electron chi connectivity index (χ3n) is 3.27. The summed E-state index contributed by atoms with van der Waals surface area (Å²) >= 11 is 0. The number of alkyl halides is 3. The van der Waals surface area contributed by atoms with Crippen molar-refractivity contribution < 1.29 is 27.1 Å². The molecule has 0 amide bonds. The maximum Gasteiger partial charge on any atom is 0.416 e. The number of hydrogen-bond acceptors (Lipinski definition) is 3. The van der Waals surface area contributed by atoms with Crippen molar-refractivity contribution in [3.8, 4) is 0 Å². The molecule has 0 fully saturated rings. The molecule has 1 heterocycles. The first-order chi connectivity index (χ1) is 11.3. The monoisotopic (exact) mass is 335 g/mol. The van der Waals surface area contributed by atoms with Crippen LogP contribution < -0.4 is 0 Å². The van der Waals surface area contributed by atoms with E-state index in [2.05, 4.69) is 4.99 Å². The van der Waals surface area contributed by atoms with Gasteiger partial charge in [0.15, 0.2) is 5.70 Å². The second kappa shape index (κ2) is 5.92. The Morgan fingerprint density at radius 2 is 1.67 bits per heavy atom. The number of rotatable bonds is 2. The normalized spacial score (nSPS) is 16.2. The van der Waals surface area contributed by atoms with Gasteiger partial charge >= 0.3 is 12.1 Å². The van der Waals surface area contributed by atoms with E-state index in [1.807, 2.05) is 0 Å². The zero-order valence-corrected chi connectivity index (χ0v) is 12.0. The summed E-state index contributed by atoms with van der Waals surface area (Å²) in [5.41, 5.74) is -0.986. The van der Waals surface area contributed by atoms with Crippen molar-refractivity contribution in [1.82, 2.24) is 0 Å². The zero-order chi connectivity index (χ0) is 17.3. The third-order valence-corrected chi connectivity index (χ3v) is 3.27. The van der Waals surface area contributed by atoms with Crippen molar-refractivity contribution in [1.29, 1.82) is 0 Å². The summed E-state index contributed by atoms with van der Waals surface area (Å²) in [7, 11) is 0. The van der Waals surface area contributed by atoms with E-state index in [1.165, 1.54) is 30.3 Å². The van der Waals surface area contributed by atoms with Crippen LogP contribution in [-0.2, 0) is 15.7 Å². The van der Waals surface area contributed by atoms with E-state index in [4.69, 9.17) is 4.74 Å². The minimum atomic E-state index is -4.56. The molecule has 1 aliphatic heterocycles. The van der Waals surface area contributed by atoms with Crippen LogP contribution in [0.3, 0.4) is 0 Å². The Kier molecular flexibility index (Phi) is 3.92. The number of halogens is 4. The molecule has 0 atom stereocenters. The van der Waals surface area contributed by atoms with Crippen molar-refractivity contribution in [3.63, 3.8) is 0 Å². The number of nitrogens with zero attached hydrogens (tertiary/aromatic N) is 1. The van der Waals surface area contributed by atoms with Gasteiger partial charge in [0, 0.05) is 5.56 Å². The van der Waals surface area contributed by atoms with Crippen LogP contribution in [0, 0.1) is 5.82 Å². The highest BCUT2D eigenvalue weighted by Gasteiger charge is 2.33. The fraction of sp³-hybridized carbons (Fsp3) is 0.0588. The second-order valence-corrected chi connectivity index (χ2v) is 4.93. The molecule has 1 aliphatic rings. The summed E-state index contributed by atoms with van der Waals surface area (Å²) in [5, 5.41) is 0. The largest absolute Gasteiger partial charge is 0.416 e. The molecule has 2 aromatic rings. The van der Waals surface area contributed by atoms with E-state index in [9.17, 15) is 22.4 Å². The van der Waals surface area contributed by atoms with E-state index in [-0.39, 0.29) is 17.2 Å². The second-order valence-electron chi connectivity index (χ2n) is 4.93. The summed E-state index contributed by atoms with van der Waals surface area (Å²) in [5.74, 6) is -1.43. The van der Waals surface area contributed by atoms with Crippen LogP contribution >= 0.6 is 0 Å². The highest BCUT2D eigenvalue weighted by molar-refractivity contribution is 6.12. The molecule has 0 bridgehead atoms. The van der Waals surface area contributed by atoms with Gasteiger partial charge in [0.25, 0.3) is 0 Å². The number of aliphatic imine (C=N–C) groups is 1. The number of carbonyl (C=O) groups is 1. The number of esters is 1. The molecule has 2 aromatic carbocycles. The van der Waals surface area contributed by atoms with Crippen molar-refractivity contribution >= 4 is 17.9 Å². The number of ether oxygens (including phenoxy) is 1. The molecule has 0 saturated carbocycles. The molecule has 0 unspecified atom stereocenters. The molecular weight excluding hydrogens is 326 g/mol. The fourth-order valence-electron chi connectivity index (χ4n) is 2.15. The molecule has 0 aliphatic carbocycles. The molecule has 0 radical (unpaired) electrons. The Labute approximate surface area is 133 Å². The van der Waals surface area contributed by atoms with Crippen molar-refractivity contribution in [2.45, 2.75) is 6.18 Å². The van der Waals surface area contributed by atoms with Gasteiger partial charge in [-0.05, 0) is 42.0 Å². The van der Waals surface area contributed by atoms with Gasteiger partial charge in [-0.2, -0.15) is 13.2 Å². The van der Waals surface area contributed by atoms with Crippen LogP contribution in [0.4, 0.5) is 17.6 Å². The lowest BCUT2D eigenvalue weighted by atomic mass is 10.1. The van der Waals surface area contributed by atoms with E-state index in [1.54, 1.807) is 0 Å². The summed E-state index contributed by atoms with van der Waals surface area (Å²) in [6.07, 6.45) is -3.54. The minimum Gasteiger partial charge on any atom is -0.402 e. The zero-order valence-electron chi connectivity index (χ0n) is 12.0. The quantitative estimate of drug-likeness (QED) is 0.469. The first-order valence-electron chi connectivity index (χ1n) is 6.79. The summed E-state index contributed by atoms with van der Waals surface area (Å²) < 4.78 is 56.8. The summed E-state index contributed by atoms with van der Waals surface area (Å²) in [6.45, 7) is 0. The lowest BCUT2D eigenvalue weighted by Gasteiger charge is -2.09. The first-order valence-corrected chi connectivity index (χ1v) is 6.79. The average Bonchev–Trinajstić information content (AvgIpc) is 2.88. The van der Waals surface area contributed by atoms with E-state index < -0.39 is 23.5 Å². The molecule has 122 valence electrons. The Bertz CT molecular complexity index is 852. The maximum atomic E-state index is 13.0. The van der Waals surface area contributed by atoms with Gasteiger partial charge in [-0.1, -0.05) is 18.2 Å². The Morgan fingerprint density at radius 3 is 2.33 bits per heavy atom. The van der Waals surface area contributed by atoms with Crippen LogP contribution in [-0.4, -0.2) is 11.9 Å². The Hall–Kier alpha value is -2.96. The number of hydrogen-bond donors (Lipinski definition) is 0. The summed E-state index contributed by atoms with van der Waals surface area (Å²) in [4.78, 5) is 15.7. The van der Waals surface area contributed by atoms with Gasteiger partial charge in [0.05, 0.1) is 5.56 Å². The number of benzene rings is 2. The van der Waals surface area contributed by atoms with Gasteiger partial charge in [-0.3, -0.25) is 0 Å². The molecule has 0 spiro atoms. The minimum absolute atomic E-state index is 0.0873. The summed E-state index contributed by atoms with van der Waals surface area (Å²) in [6, 6.07) is 9.85. The smallest absolute Gasteiger partial charge is 0.402 e. The molecule has 0 saturated heterocycles. The third kappa shape index (κ3) is 3.19. The topological polar surface area (TPSA) is 38.7 Å². The van der Waals surface area contributed by atoms with E-state index >= 15 is 0 Å². The van der Waals surface area contributed by atoms with Crippen LogP contribution in [0.15, 0.2) is 59.2 Å². The van der Waals surface area contributed by atoms with Gasteiger partial charge < -0.3 is 4.74 Å². The Morgan fingerprint density at radius 1 is 1.00 bits per heavy atom. The van der Waals surface area contributed by atoms with Crippen molar-refractivity contribution in [3.05, 3.63) is 76.7 Å². The van der Waals surface area contributed by atoms with Gasteiger partial charge in [0.2, 0.25) is 5.90 Å². The predicted molar refractivity (Wildman–Crippen MR) is 78.5 cm³/mol. The van der Waals surface area contributed by atoms with Crippen molar-refractivity contribution in [2.75, 3.05) is 0 Å². The molecule has 3 nitrogen and oxygen atoms in total. The highest BCUT2D eigenvalue weighted by Crippen LogP contribution is 2.33. The maximum absolute atomic E-state index is 13.0. The first kappa shape index (κ1) is 15.9. The average molecular weight is 335 g/mol.